The minimum absolute atomic E-state index is 0.184. The molecule has 2 aromatic carbocycles. The third kappa shape index (κ3) is 5.24. The number of nitrogens with zero attached hydrogens (tertiary/aromatic N) is 1. The minimum Gasteiger partial charge on any atom is -0.465 e. The van der Waals surface area contributed by atoms with Crippen LogP contribution in [0.3, 0.4) is 0 Å². The first-order valence-electron chi connectivity index (χ1n) is 8.25. The average molecular weight is 425 g/mol. The second kappa shape index (κ2) is 8.62. The van der Waals surface area contributed by atoms with Gasteiger partial charge < -0.3 is 10.1 Å². The van der Waals surface area contributed by atoms with Crippen LogP contribution in [0.25, 0.3) is 0 Å². The van der Waals surface area contributed by atoms with E-state index in [-0.39, 0.29) is 16.3 Å². The molecule has 2 aromatic rings. The van der Waals surface area contributed by atoms with E-state index in [1.165, 1.54) is 25.3 Å². The number of halogens is 1. The van der Waals surface area contributed by atoms with Gasteiger partial charge in [-0.05, 0) is 49.2 Å². The first kappa shape index (κ1) is 21.7. The number of benzene rings is 2. The van der Waals surface area contributed by atoms with E-state index in [1.807, 2.05) is 13.0 Å². The van der Waals surface area contributed by atoms with Gasteiger partial charge in [-0.2, -0.15) is 0 Å². The molecule has 0 bridgehead atoms. The number of anilines is 2. The highest BCUT2D eigenvalue weighted by atomic mass is 35.5. The van der Waals surface area contributed by atoms with Crippen molar-refractivity contribution in [2.24, 2.45) is 0 Å². The molecule has 28 heavy (non-hydrogen) atoms. The van der Waals surface area contributed by atoms with Gasteiger partial charge in [-0.1, -0.05) is 23.7 Å². The zero-order valence-corrected chi connectivity index (χ0v) is 17.5. The van der Waals surface area contributed by atoms with Gasteiger partial charge in [-0.15, -0.1) is 0 Å². The summed E-state index contributed by atoms with van der Waals surface area (Å²) in [7, 11) is -2.48. The van der Waals surface area contributed by atoms with Crippen molar-refractivity contribution in [3.05, 3.63) is 58.1 Å². The Labute approximate surface area is 169 Å². The van der Waals surface area contributed by atoms with Crippen molar-refractivity contribution in [2.75, 3.05) is 29.5 Å². The Hall–Kier alpha value is -2.58. The standard InChI is InChI=1S/C19H21ClN2O5S/c1-12-5-6-13(2)17(9-12)22(28(4,25)26)11-18(23)21-16-10-14(19(24)27-3)7-8-15(16)20/h5-10H,11H2,1-4H3,(H,21,23). The van der Waals surface area contributed by atoms with Gasteiger partial charge >= 0.3 is 5.97 Å². The van der Waals surface area contributed by atoms with Crippen LogP contribution in [0.2, 0.25) is 5.02 Å². The summed E-state index contributed by atoms with van der Waals surface area (Å²) in [5, 5.41) is 2.76. The summed E-state index contributed by atoms with van der Waals surface area (Å²) in [6.07, 6.45) is 1.03. The number of aryl methyl sites for hydroxylation is 2. The lowest BCUT2D eigenvalue weighted by Gasteiger charge is -2.24. The molecule has 0 saturated heterocycles. The van der Waals surface area contributed by atoms with Crippen molar-refractivity contribution < 1.29 is 22.7 Å². The molecule has 0 aliphatic carbocycles. The zero-order chi connectivity index (χ0) is 21.1. The second-order valence-electron chi connectivity index (χ2n) is 6.29. The fraction of sp³-hybridized carbons (Fsp3) is 0.263. The number of ether oxygens (including phenoxy) is 1. The molecule has 1 amide bonds. The highest BCUT2D eigenvalue weighted by Crippen LogP contribution is 2.26. The number of hydrogen-bond acceptors (Lipinski definition) is 5. The fourth-order valence-electron chi connectivity index (χ4n) is 2.56. The number of rotatable bonds is 6. The monoisotopic (exact) mass is 424 g/mol. The predicted octanol–water partition coefficient (Wildman–Crippen LogP) is 3.15. The number of hydrogen-bond donors (Lipinski definition) is 1. The first-order chi connectivity index (χ1) is 13.0. The lowest BCUT2D eigenvalue weighted by molar-refractivity contribution is -0.114. The maximum atomic E-state index is 12.5. The molecule has 150 valence electrons. The molecule has 9 heteroatoms. The van der Waals surface area contributed by atoms with Crippen molar-refractivity contribution >= 4 is 44.9 Å². The Balaban J connectivity index is 2.31. The maximum Gasteiger partial charge on any atom is 0.337 e. The van der Waals surface area contributed by atoms with Gasteiger partial charge in [0.1, 0.15) is 6.54 Å². The molecular formula is C19H21ClN2O5S. The summed E-state index contributed by atoms with van der Waals surface area (Å²) >= 11 is 6.08. The molecule has 0 saturated carbocycles. The molecule has 0 aliphatic heterocycles. The molecule has 0 aliphatic rings. The van der Waals surface area contributed by atoms with E-state index in [9.17, 15) is 18.0 Å². The van der Waals surface area contributed by atoms with Crippen LogP contribution in [0, 0.1) is 13.8 Å². The van der Waals surface area contributed by atoms with E-state index in [0.717, 1.165) is 21.7 Å². The van der Waals surface area contributed by atoms with E-state index in [2.05, 4.69) is 10.1 Å². The number of nitrogens with one attached hydrogen (secondary N) is 1. The van der Waals surface area contributed by atoms with E-state index in [1.54, 1.807) is 19.1 Å². The van der Waals surface area contributed by atoms with Crippen molar-refractivity contribution in [3.8, 4) is 0 Å². The number of methoxy groups -OCH3 is 1. The average Bonchev–Trinajstić information content (AvgIpc) is 2.62. The number of sulfonamides is 1. The lowest BCUT2D eigenvalue weighted by Crippen LogP contribution is -2.38. The molecule has 0 spiro atoms. The molecule has 0 radical (unpaired) electrons. The Bertz CT molecular complexity index is 1020. The van der Waals surface area contributed by atoms with Gasteiger partial charge in [0.05, 0.1) is 35.3 Å². The van der Waals surface area contributed by atoms with Crippen molar-refractivity contribution in [3.63, 3.8) is 0 Å². The zero-order valence-electron chi connectivity index (χ0n) is 15.9. The number of carbonyl (C=O) groups excluding carboxylic acids is 2. The van der Waals surface area contributed by atoms with Crippen LogP contribution < -0.4 is 9.62 Å². The highest BCUT2D eigenvalue weighted by molar-refractivity contribution is 7.92. The van der Waals surface area contributed by atoms with E-state index in [4.69, 9.17) is 11.6 Å². The van der Waals surface area contributed by atoms with Gasteiger partial charge in [-0.25, -0.2) is 13.2 Å². The van der Waals surface area contributed by atoms with Crippen LogP contribution in [0.1, 0.15) is 21.5 Å². The first-order valence-corrected chi connectivity index (χ1v) is 10.5. The molecule has 0 fully saturated rings. The SMILES string of the molecule is COC(=O)c1ccc(Cl)c(NC(=O)CN(c2cc(C)ccc2C)S(C)(=O)=O)c1. The fourth-order valence-corrected chi connectivity index (χ4v) is 3.63. The third-order valence-electron chi connectivity index (χ3n) is 3.98. The van der Waals surface area contributed by atoms with Crippen molar-refractivity contribution in [1.29, 1.82) is 0 Å². The van der Waals surface area contributed by atoms with Gasteiger partial charge in [0, 0.05) is 0 Å². The topological polar surface area (TPSA) is 92.8 Å². The van der Waals surface area contributed by atoms with E-state index in [0.29, 0.717) is 5.69 Å². The van der Waals surface area contributed by atoms with Crippen molar-refractivity contribution in [1.82, 2.24) is 0 Å². The summed E-state index contributed by atoms with van der Waals surface area (Å²) in [5.41, 5.74) is 2.39. The van der Waals surface area contributed by atoms with Gasteiger partial charge in [-0.3, -0.25) is 9.10 Å². The highest BCUT2D eigenvalue weighted by Gasteiger charge is 2.23. The van der Waals surface area contributed by atoms with E-state index >= 15 is 0 Å². The summed E-state index contributed by atoms with van der Waals surface area (Å²) in [5.74, 6) is -1.18. The molecule has 0 heterocycles. The Morgan fingerprint density at radius 2 is 1.82 bits per heavy atom. The minimum atomic E-state index is -3.71. The Morgan fingerprint density at radius 1 is 1.14 bits per heavy atom. The van der Waals surface area contributed by atoms with Gasteiger partial charge in [0.2, 0.25) is 15.9 Å². The second-order valence-corrected chi connectivity index (χ2v) is 8.61. The van der Waals surface area contributed by atoms with E-state index < -0.39 is 28.4 Å². The van der Waals surface area contributed by atoms with Gasteiger partial charge in [0.15, 0.2) is 0 Å². The Kier molecular flexibility index (Phi) is 6.69. The number of esters is 1. The lowest BCUT2D eigenvalue weighted by atomic mass is 10.1. The molecule has 1 N–H and O–H groups in total. The van der Waals surface area contributed by atoms with Gasteiger partial charge in [0.25, 0.3) is 0 Å². The normalized spacial score (nSPS) is 11.0. The maximum absolute atomic E-state index is 12.5. The van der Waals surface area contributed by atoms with Crippen LogP contribution in [-0.2, 0) is 19.6 Å². The smallest absolute Gasteiger partial charge is 0.337 e. The number of carbonyl (C=O) groups is 2. The van der Waals surface area contributed by atoms with Crippen LogP contribution in [0.15, 0.2) is 36.4 Å². The molecule has 0 unspecified atom stereocenters. The molecule has 0 atom stereocenters. The summed E-state index contributed by atoms with van der Waals surface area (Å²) in [6, 6.07) is 9.63. The van der Waals surface area contributed by atoms with Crippen LogP contribution in [0.4, 0.5) is 11.4 Å². The summed E-state index contributed by atoms with van der Waals surface area (Å²) < 4.78 is 30.3. The third-order valence-corrected chi connectivity index (χ3v) is 5.44. The molecular weight excluding hydrogens is 404 g/mol. The largest absolute Gasteiger partial charge is 0.465 e. The predicted molar refractivity (Wildman–Crippen MR) is 110 cm³/mol. The summed E-state index contributed by atoms with van der Waals surface area (Å²) in [4.78, 5) is 24.2. The summed E-state index contributed by atoms with van der Waals surface area (Å²) in [6.45, 7) is 3.16. The van der Waals surface area contributed by atoms with Crippen LogP contribution in [-0.4, -0.2) is 40.2 Å². The van der Waals surface area contributed by atoms with Crippen molar-refractivity contribution in [2.45, 2.75) is 13.8 Å². The molecule has 2 rings (SSSR count). The van der Waals surface area contributed by atoms with Crippen LogP contribution in [0.5, 0.6) is 0 Å². The molecule has 0 aromatic heterocycles. The Morgan fingerprint density at radius 3 is 2.43 bits per heavy atom. The quantitative estimate of drug-likeness (QED) is 0.719. The number of amides is 1. The molecule has 7 nitrogen and oxygen atoms in total. The van der Waals surface area contributed by atoms with Crippen LogP contribution >= 0.6 is 11.6 Å².